The number of H-pyrrole nitrogens is 1. The number of hydrogen-bond acceptors (Lipinski definition) is 5. The number of aromatic amines is 1. The van der Waals surface area contributed by atoms with Crippen molar-refractivity contribution in [2.24, 2.45) is 23.2 Å². The molecule has 2 saturated heterocycles. The van der Waals surface area contributed by atoms with E-state index >= 15 is 0 Å². The van der Waals surface area contributed by atoms with Gasteiger partial charge in [0.1, 0.15) is 17.5 Å². The molecule has 0 bridgehead atoms. The van der Waals surface area contributed by atoms with E-state index in [4.69, 9.17) is 14.2 Å². The molecule has 1 spiro atoms. The number of carbonyl (C=O) groups excluding carboxylic acids is 1. The molecule has 4 fully saturated rings. The van der Waals surface area contributed by atoms with Crippen molar-refractivity contribution in [1.82, 2.24) is 10.3 Å². The van der Waals surface area contributed by atoms with Crippen molar-refractivity contribution in [2.75, 3.05) is 20.2 Å². The van der Waals surface area contributed by atoms with Crippen LogP contribution in [0.4, 0.5) is 0 Å². The number of esters is 1. The molecule has 1 aromatic carbocycles. The van der Waals surface area contributed by atoms with Gasteiger partial charge < -0.3 is 24.5 Å². The normalized spacial score (nSPS) is 39.8. The molecule has 2 aliphatic carbocycles. The summed E-state index contributed by atoms with van der Waals surface area (Å²) in [7, 11) is 1.69. The first-order valence-electron chi connectivity index (χ1n) is 12.2. The molecule has 6 nitrogen and oxygen atoms in total. The van der Waals surface area contributed by atoms with Gasteiger partial charge in [0.05, 0.1) is 19.1 Å². The third kappa shape index (κ3) is 2.81. The van der Waals surface area contributed by atoms with Crippen LogP contribution in [0.25, 0.3) is 10.9 Å². The lowest BCUT2D eigenvalue weighted by Crippen LogP contribution is -2.54. The fourth-order valence-electron chi connectivity index (χ4n) is 7.44. The van der Waals surface area contributed by atoms with E-state index in [0.29, 0.717) is 12.5 Å². The van der Waals surface area contributed by atoms with Crippen LogP contribution in [0.15, 0.2) is 24.4 Å². The van der Waals surface area contributed by atoms with Crippen LogP contribution >= 0.6 is 0 Å². The predicted molar refractivity (Wildman–Crippen MR) is 122 cm³/mol. The highest BCUT2D eigenvalue weighted by molar-refractivity contribution is 5.84. The lowest BCUT2D eigenvalue weighted by atomic mass is 9.53. The molecule has 32 heavy (non-hydrogen) atoms. The number of carbonyl (C=O) groups is 1. The number of aromatic nitrogens is 1. The number of hydrogen-bond donors (Lipinski definition) is 2. The molecule has 0 radical (unpaired) electrons. The topological polar surface area (TPSA) is 75.9 Å². The number of nitrogens with one attached hydrogen (secondary N) is 2. The van der Waals surface area contributed by atoms with E-state index in [-0.39, 0.29) is 41.0 Å². The van der Waals surface area contributed by atoms with E-state index in [1.165, 1.54) is 30.2 Å². The number of fused-ring (bicyclic) bond motifs is 3. The van der Waals surface area contributed by atoms with Crippen LogP contribution < -0.4 is 10.1 Å². The summed E-state index contributed by atoms with van der Waals surface area (Å²) in [6.45, 7) is 6.19. The summed E-state index contributed by atoms with van der Waals surface area (Å²) in [5.41, 5.74) is 2.50. The van der Waals surface area contributed by atoms with E-state index < -0.39 is 0 Å². The summed E-state index contributed by atoms with van der Waals surface area (Å²) in [6, 6.07) is 6.10. The molecule has 172 valence electrons. The second-order valence-corrected chi connectivity index (χ2v) is 10.7. The number of rotatable bonds is 6. The van der Waals surface area contributed by atoms with Crippen LogP contribution in [0.2, 0.25) is 0 Å². The molecule has 6 heteroatoms. The van der Waals surface area contributed by atoms with E-state index in [0.717, 1.165) is 30.7 Å². The standard InChI is InChI=1S/C26H34N2O4/c1-15-5-4-9-25(2)12-21-22(23-26(15,25)32-23)19(24(29)31-21)14-27-10-8-16-13-28-20-7-6-17(30-3)11-18(16)20/h6-7,11,13,15,19,21-23,27-28H,4-5,8-10,12,14H2,1-3H3. The predicted octanol–water partition coefficient (Wildman–Crippen LogP) is 3.83. The maximum absolute atomic E-state index is 12.8. The summed E-state index contributed by atoms with van der Waals surface area (Å²) in [6.07, 6.45) is 7.79. The van der Waals surface area contributed by atoms with Crippen molar-refractivity contribution >= 4 is 16.9 Å². The molecule has 1 aromatic heterocycles. The van der Waals surface area contributed by atoms with Gasteiger partial charge in [0.15, 0.2) is 0 Å². The highest BCUT2D eigenvalue weighted by Gasteiger charge is 2.78. The molecular weight excluding hydrogens is 404 g/mol. The molecule has 6 rings (SSSR count). The minimum atomic E-state index is -0.105. The Labute approximate surface area is 189 Å². The van der Waals surface area contributed by atoms with Crippen LogP contribution in [0, 0.1) is 23.2 Å². The third-order valence-corrected chi connectivity index (χ3v) is 9.10. The van der Waals surface area contributed by atoms with E-state index in [2.05, 4.69) is 36.4 Å². The van der Waals surface area contributed by atoms with Crippen LogP contribution in [-0.4, -0.2) is 49.0 Å². The quantitative estimate of drug-likeness (QED) is 0.407. The summed E-state index contributed by atoms with van der Waals surface area (Å²) >= 11 is 0. The molecule has 4 aliphatic rings. The van der Waals surface area contributed by atoms with Crippen molar-refractivity contribution in [3.8, 4) is 5.75 Å². The van der Waals surface area contributed by atoms with Crippen LogP contribution in [-0.2, 0) is 20.7 Å². The summed E-state index contributed by atoms with van der Waals surface area (Å²) in [4.78, 5) is 16.2. The maximum Gasteiger partial charge on any atom is 0.311 e. The average molecular weight is 439 g/mol. The van der Waals surface area contributed by atoms with Gasteiger partial charge in [0.2, 0.25) is 0 Å². The smallest absolute Gasteiger partial charge is 0.311 e. The zero-order chi connectivity index (χ0) is 22.1. The second-order valence-electron chi connectivity index (χ2n) is 10.7. The van der Waals surface area contributed by atoms with Crippen molar-refractivity contribution in [3.63, 3.8) is 0 Å². The molecule has 2 aromatic rings. The van der Waals surface area contributed by atoms with E-state index in [9.17, 15) is 4.79 Å². The average Bonchev–Trinajstić information content (AvgIpc) is 3.31. The third-order valence-electron chi connectivity index (χ3n) is 9.10. The first-order chi connectivity index (χ1) is 15.5. The fraction of sp³-hybridized carbons (Fsp3) is 0.654. The van der Waals surface area contributed by atoms with E-state index in [1.54, 1.807) is 7.11 Å². The minimum absolute atomic E-state index is 0.0197. The molecule has 7 unspecified atom stereocenters. The SMILES string of the molecule is COc1ccc2[nH]cc(CCNCC3C(=O)OC4CC5(C)CCCC(C)C56OC6C43)c2c1. The van der Waals surface area contributed by atoms with Crippen molar-refractivity contribution < 1.29 is 19.0 Å². The number of methoxy groups -OCH3 is 1. The Kier molecular flexibility index (Phi) is 4.64. The molecule has 0 amide bonds. The van der Waals surface area contributed by atoms with Gasteiger partial charge in [-0.2, -0.15) is 0 Å². The lowest BCUT2D eigenvalue weighted by Gasteiger charge is -2.48. The maximum atomic E-state index is 12.8. The molecule has 2 saturated carbocycles. The van der Waals surface area contributed by atoms with Gasteiger partial charge in [0, 0.05) is 35.0 Å². The monoisotopic (exact) mass is 438 g/mol. The van der Waals surface area contributed by atoms with Gasteiger partial charge in [-0.3, -0.25) is 4.79 Å². The van der Waals surface area contributed by atoms with Crippen LogP contribution in [0.3, 0.4) is 0 Å². The molecule has 3 heterocycles. The minimum Gasteiger partial charge on any atom is -0.497 e. The summed E-state index contributed by atoms with van der Waals surface area (Å²) in [5.74, 6) is 1.48. The van der Waals surface area contributed by atoms with Crippen molar-refractivity contribution in [1.29, 1.82) is 0 Å². The zero-order valence-corrected chi connectivity index (χ0v) is 19.3. The Morgan fingerprint density at radius 1 is 1.34 bits per heavy atom. The van der Waals surface area contributed by atoms with Crippen LogP contribution in [0.5, 0.6) is 5.75 Å². The van der Waals surface area contributed by atoms with Gasteiger partial charge >= 0.3 is 5.97 Å². The van der Waals surface area contributed by atoms with Crippen molar-refractivity contribution in [3.05, 3.63) is 30.0 Å². The lowest BCUT2D eigenvalue weighted by molar-refractivity contribution is -0.146. The number of benzene rings is 1. The Morgan fingerprint density at radius 3 is 3.06 bits per heavy atom. The summed E-state index contributed by atoms with van der Waals surface area (Å²) in [5, 5.41) is 4.74. The van der Waals surface area contributed by atoms with Gasteiger partial charge in [-0.05, 0) is 61.9 Å². The fourth-order valence-corrected chi connectivity index (χ4v) is 7.44. The zero-order valence-electron chi connectivity index (χ0n) is 19.3. The Morgan fingerprint density at radius 2 is 2.22 bits per heavy atom. The molecule has 2 N–H and O–H groups in total. The van der Waals surface area contributed by atoms with Gasteiger partial charge in [0.25, 0.3) is 0 Å². The Bertz CT molecular complexity index is 1050. The number of ether oxygens (including phenoxy) is 3. The second kappa shape index (κ2) is 7.22. The van der Waals surface area contributed by atoms with Crippen LogP contribution in [0.1, 0.15) is 45.1 Å². The first-order valence-corrected chi connectivity index (χ1v) is 12.2. The van der Waals surface area contributed by atoms with Gasteiger partial charge in [-0.15, -0.1) is 0 Å². The summed E-state index contributed by atoms with van der Waals surface area (Å²) < 4.78 is 17.8. The van der Waals surface area contributed by atoms with E-state index in [1.807, 2.05) is 12.1 Å². The van der Waals surface area contributed by atoms with Crippen molar-refractivity contribution in [2.45, 2.75) is 63.8 Å². The van der Waals surface area contributed by atoms with Gasteiger partial charge in [-0.25, -0.2) is 0 Å². The Hall–Kier alpha value is -2.05. The molecule has 7 atom stereocenters. The van der Waals surface area contributed by atoms with Gasteiger partial charge in [-0.1, -0.05) is 20.3 Å². The number of epoxide rings is 1. The highest BCUT2D eigenvalue weighted by Crippen LogP contribution is 2.70. The highest BCUT2D eigenvalue weighted by atomic mass is 16.6. The molecular formula is C26H34N2O4. The first kappa shape index (κ1) is 20.5. The molecule has 2 aliphatic heterocycles. The Balaban J connectivity index is 1.12. The largest absolute Gasteiger partial charge is 0.497 e.